The van der Waals surface area contributed by atoms with Crippen molar-refractivity contribution in [1.29, 1.82) is 5.26 Å². The van der Waals surface area contributed by atoms with E-state index in [0.29, 0.717) is 16.2 Å². The van der Waals surface area contributed by atoms with Crippen molar-refractivity contribution in [3.8, 4) is 11.8 Å². The second-order valence-electron chi connectivity index (χ2n) is 24.2. The molecule has 5 heterocycles. The van der Waals surface area contributed by atoms with E-state index in [1.54, 1.807) is 83.1 Å². The first-order valence-electron chi connectivity index (χ1n) is 39.6. The number of anilines is 6. The smallest absolute Gasteiger partial charge is 0.247 e. The summed E-state index contributed by atoms with van der Waals surface area (Å²) in [5.74, 6) is -1.76. The van der Waals surface area contributed by atoms with Crippen LogP contribution in [0.3, 0.4) is 0 Å². The second kappa shape index (κ2) is 16.6. The zero-order valence-electron chi connectivity index (χ0n) is 72.9. The average Bonchev–Trinajstić information content (AvgIpc) is 1.22. The molecule has 382 valence electrons. The molecule has 11 aromatic rings. The van der Waals surface area contributed by atoms with Gasteiger partial charge >= 0.3 is 0 Å². The minimum Gasteiger partial charge on any atom is -0.311 e. The van der Waals surface area contributed by atoms with Gasteiger partial charge in [-0.3, -0.25) is 0 Å². The lowest BCUT2D eigenvalue weighted by Crippen LogP contribution is -2.62. The molecule has 0 amide bonds. The number of rotatable bonds is 4. The van der Waals surface area contributed by atoms with Crippen molar-refractivity contribution < 1.29 is 38.4 Å². The lowest BCUT2D eigenvalue weighted by molar-refractivity contribution is 0.589. The summed E-state index contributed by atoms with van der Waals surface area (Å²) in [4.78, 5) is 1.57. The Morgan fingerprint density at radius 3 is 1.77 bits per heavy atom. The summed E-state index contributed by atoms with van der Waals surface area (Å²) >= 11 is 0.616. The molecule has 0 radical (unpaired) electrons. The van der Waals surface area contributed by atoms with Crippen LogP contribution in [0.4, 0.5) is 34.1 Å². The Kier molecular flexibility index (Phi) is 5.78. The third kappa shape index (κ3) is 7.16. The number of thiophene rings is 1. The van der Waals surface area contributed by atoms with Gasteiger partial charge in [-0.1, -0.05) is 167 Å². The Morgan fingerprint density at radius 1 is 0.500 bits per heavy atom. The van der Waals surface area contributed by atoms with Crippen molar-refractivity contribution in [3.05, 3.63) is 214 Å². The van der Waals surface area contributed by atoms with Crippen molar-refractivity contribution in [2.45, 2.75) is 111 Å². The van der Waals surface area contributed by atoms with Crippen LogP contribution in [-0.2, 0) is 21.7 Å². The first kappa shape index (κ1) is 27.2. The molecule has 0 bridgehead atoms. The van der Waals surface area contributed by atoms with Crippen LogP contribution in [0, 0.1) is 11.3 Å². The summed E-state index contributed by atoms with van der Waals surface area (Å²) in [7, 11) is 0. The number of hydrogen-bond acceptors (Lipinski definition) is 4. The van der Waals surface area contributed by atoms with Gasteiger partial charge in [-0.25, -0.2) is 0 Å². The highest BCUT2D eigenvalue weighted by Gasteiger charge is 2.48. The number of aromatic nitrogens is 1. The van der Waals surface area contributed by atoms with E-state index in [0.717, 1.165) is 4.90 Å². The summed E-state index contributed by atoms with van der Waals surface area (Å²) in [6, 6.07) is -19.3. The first-order chi connectivity index (χ1) is 48.9. The van der Waals surface area contributed by atoms with Gasteiger partial charge < -0.3 is 14.4 Å². The van der Waals surface area contributed by atoms with Crippen LogP contribution in [-0.4, -0.2) is 11.3 Å². The Morgan fingerprint density at radius 2 is 1.10 bits per heavy atom. The lowest BCUT2D eigenvalue weighted by Gasteiger charge is -2.45. The van der Waals surface area contributed by atoms with Crippen LogP contribution in [0.2, 0.25) is 0 Å². The van der Waals surface area contributed by atoms with Gasteiger partial charge in [-0.15, -0.1) is 11.3 Å². The van der Waals surface area contributed by atoms with Gasteiger partial charge in [0.2, 0.25) is 6.71 Å². The minimum atomic E-state index is -2.03. The van der Waals surface area contributed by atoms with E-state index >= 15 is 0 Å². The topological polar surface area (TPSA) is 35.2 Å². The van der Waals surface area contributed by atoms with E-state index < -0.39 is 242 Å². The van der Waals surface area contributed by atoms with E-state index in [-0.39, 0.29) is 104 Å². The van der Waals surface area contributed by atoms with Crippen LogP contribution in [0.5, 0.6) is 0 Å². The molecule has 0 saturated heterocycles. The number of benzene rings is 9. The molecule has 9 aromatic carbocycles. The van der Waals surface area contributed by atoms with Crippen LogP contribution >= 0.6 is 11.3 Å². The van der Waals surface area contributed by atoms with Gasteiger partial charge in [-0.2, -0.15) is 5.26 Å². The van der Waals surface area contributed by atoms with Gasteiger partial charge in [0.15, 0.2) is 0 Å². The minimum absolute atomic E-state index is 0.0417. The third-order valence-electron chi connectivity index (χ3n) is 14.8. The zero-order valence-corrected chi connectivity index (χ0v) is 45.7. The number of fused-ring (bicyclic) bond motifs is 12. The van der Waals surface area contributed by atoms with Gasteiger partial charge in [0, 0.05) is 71.0 Å². The SMILES string of the molecule is [2H]c1c([2H])c2c3c(c1[2H])-n1c4c([2H])c([2H])c(C(C)(C)C)c([2H])c4c4c([2H])c(C(C)(C)C)c([2H])c(c41)C3c1c([2H])c(C#N)c([2H])c3c1B2c1c([2H])c([2H])c(N(c2c([2H])c([2H])c(C(C)(C)C)c([2H])c2[2H])c2c([2H])c([2H])c(C(C)(C)C)c([2H])c2[2H])c([2H])c1N3c1c([2H])c([2H])c([2H])c2sc3c([2H])c([2H])c([2H])c([2H])c3c12. The van der Waals surface area contributed by atoms with E-state index in [2.05, 4.69) is 0 Å². The first-order valence-corrected chi connectivity index (χ1v) is 26.4. The number of nitrogens with zero attached hydrogens (tertiary/aromatic N) is 4. The molecule has 78 heavy (non-hydrogen) atoms. The highest BCUT2D eigenvalue weighted by Crippen LogP contribution is 2.53. The molecule has 1 atom stereocenters. The monoisotopic (exact) mass is 1060 g/mol. The highest BCUT2D eigenvalue weighted by molar-refractivity contribution is 7.26. The van der Waals surface area contributed by atoms with Crippen LogP contribution in [0.25, 0.3) is 47.7 Å². The summed E-state index contributed by atoms with van der Waals surface area (Å²) in [5, 5.41) is 10.9. The molecule has 0 spiro atoms. The molecule has 1 unspecified atom stereocenters. The molecule has 3 aliphatic heterocycles. The normalized spacial score (nSPS) is 19.8. The fraction of sp³-hybridized carbons (Fsp3) is 0.236. The van der Waals surface area contributed by atoms with Crippen LogP contribution in [0.15, 0.2) is 169 Å². The van der Waals surface area contributed by atoms with E-state index in [1.807, 2.05) is 6.07 Å². The fourth-order valence-corrected chi connectivity index (χ4v) is 11.9. The molecule has 2 aromatic heterocycles. The zero-order chi connectivity index (χ0) is 78.5. The van der Waals surface area contributed by atoms with Gasteiger partial charge in [0.1, 0.15) is 0 Å². The Balaban J connectivity index is 1.30. The van der Waals surface area contributed by atoms with Crippen molar-refractivity contribution >= 4 is 111 Å². The lowest BCUT2D eigenvalue weighted by atomic mass is 9.30. The van der Waals surface area contributed by atoms with Crippen molar-refractivity contribution in [2.24, 2.45) is 0 Å². The molecule has 4 nitrogen and oxygen atoms in total. The summed E-state index contributed by atoms with van der Waals surface area (Å²) < 4.78 is 281. The van der Waals surface area contributed by atoms with Crippen molar-refractivity contribution in [2.75, 3.05) is 9.80 Å². The Hall–Kier alpha value is -7.85. The molecule has 0 aliphatic carbocycles. The fourth-order valence-electron chi connectivity index (χ4n) is 10.9. The Labute approximate surface area is 503 Å². The molecule has 0 N–H and O–H groups in total. The molecule has 0 saturated carbocycles. The van der Waals surface area contributed by atoms with Crippen molar-refractivity contribution in [3.63, 3.8) is 0 Å². The predicted molar refractivity (Wildman–Crippen MR) is 335 cm³/mol. The summed E-state index contributed by atoms with van der Waals surface area (Å²) in [6.07, 6.45) is 0. The summed E-state index contributed by atoms with van der Waals surface area (Å²) in [6.45, 7) is 18.0. The third-order valence-corrected chi connectivity index (χ3v) is 15.9. The van der Waals surface area contributed by atoms with E-state index in [1.165, 1.54) is 4.57 Å². The molecular weight excluding hydrogens is 964 g/mol. The van der Waals surface area contributed by atoms with E-state index in [9.17, 15) is 40.9 Å². The molecule has 0 fully saturated rings. The number of hydrogen-bond donors (Lipinski definition) is 0. The molecule has 6 heteroatoms. The predicted octanol–water partition coefficient (Wildman–Crippen LogP) is 17.8. The summed E-state index contributed by atoms with van der Waals surface area (Å²) in [5.41, 5.74) is -13.0. The molecular formula is C72H65BN4S. The highest BCUT2D eigenvalue weighted by atomic mass is 32.1. The van der Waals surface area contributed by atoms with Gasteiger partial charge in [0.25, 0.3) is 0 Å². The average molecular weight is 1060 g/mol. The quantitative estimate of drug-likeness (QED) is 0.165. The molecule has 14 rings (SSSR count). The maximum atomic E-state index is 11.8. The van der Waals surface area contributed by atoms with Crippen LogP contribution in [0.1, 0.15) is 172 Å². The second-order valence-corrected chi connectivity index (χ2v) is 25.3. The van der Waals surface area contributed by atoms with Gasteiger partial charge in [0.05, 0.1) is 66.7 Å². The van der Waals surface area contributed by atoms with Crippen molar-refractivity contribution in [1.82, 2.24) is 4.57 Å². The number of nitriles is 1. The Bertz CT molecular complexity index is 5960. The standard InChI is InChI=1S/C72H65BN4S/c1-69(2,3)43-23-28-47(29-24-43)75(48-30-25-44(26-31-48)70(4,5)6)49-32-33-55-60(40-49)76(58-20-16-22-63-65(58)50-17-13-14-21-62(50)78-63)61-36-42(41-74)35-53-64-54-39-46(72(10,11)12)38-52-51-37-45(71(7,8)9)27-34-57(51)77(68(52)54)59-19-15-18-56(66(59)64)73(55)67(53)61/h13-40,64H,1-12H3/i13D,14D,15D,16D,17D,18D,19D,20D,21D,22D,23D,24D,25D,26D,27D,28D,29D,30D,31D,32D,33D,34D,35D,36D,37D,38D,39D,40D. The molecule has 3 aliphatic rings. The van der Waals surface area contributed by atoms with Crippen LogP contribution < -0.4 is 26.2 Å². The van der Waals surface area contributed by atoms with Gasteiger partial charge in [-0.05, 0) is 162 Å². The largest absolute Gasteiger partial charge is 0.311 e. The maximum absolute atomic E-state index is 11.8. The maximum Gasteiger partial charge on any atom is 0.247 e. The van der Waals surface area contributed by atoms with E-state index in [4.69, 9.17) is 2.74 Å².